The molecule has 0 bridgehead atoms. The third-order valence-corrected chi connectivity index (χ3v) is 7.05. The van der Waals surface area contributed by atoms with E-state index in [9.17, 15) is 0 Å². The van der Waals surface area contributed by atoms with Gasteiger partial charge in [0.25, 0.3) is 0 Å². The standard InChI is InChI=1S/C31H19N5/c1-2-10-20(11-3-1)35-24-15-6-4-12-21(24)26-23-14-8-17-32-28(23)27-22-13-5-7-16-25(22)36(30(27)29(26)35)31-33-18-9-19-34-31/h1-19H. The van der Waals surface area contributed by atoms with Gasteiger partial charge >= 0.3 is 0 Å². The second-order valence-electron chi connectivity index (χ2n) is 8.94. The van der Waals surface area contributed by atoms with Crippen molar-refractivity contribution in [3.05, 3.63) is 116 Å². The highest BCUT2D eigenvalue weighted by molar-refractivity contribution is 6.35. The molecule has 0 radical (unpaired) electrons. The molecular formula is C31H19N5. The third-order valence-electron chi connectivity index (χ3n) is 7.05. The first-order valence-electron chi connectivity index (χ1n) is 12.0. The molecule has 0 aliphatic rings. The molecule has 0 aliphatic heterocycles. The van der Waals surface area contributed by atoms with Crippen molar-refractivity contribution in [1.82, 2.24) is 24.1 Å². The number of benzene rings is 4. The summed E-state index contributed by atoms with van der Waals surface area (Å²) in [4.78, 5) is 14.3. The largest absolute Gasteiger partial charge is 0.307 e. The van der Waals surface area contributed by atoms with Gasteiger partial charge in [-0.15, -0.1) is 0 Å². The molecule has 0 N–H and O–H groups in total. The van der Waals surface area contributed by atoms with Crippen LogP contribution >= 0.6 is 0 Å². The second-order valence-corrected chi connectivity index (χ2v) is 8.94. The topological polar surface area (TPSA) is 48.5 Å². The first-order chi connectivity index (χ1) is 17.9. The average molecular weight is 462 g/mol. The van der Waals surface area contributed by atoms with E-state index in [1.165, 1.54) is 10.8 Å². The molecule has 168 valence electrons. The van der Waals surface area contributed by atoms with Gasteiger partial charge in [0.15, 0.2) is 0 Å². The highest BCUT2D eigenvalue weighted by Gasteiger charge is 2.25. The quantitative estimate of drug-likeness (QED) is 0.273. The Morgan fingerprint density at radius 1 is 0.444 bits per heavy atom. The molecule has 0 spiro atoms. The van der Waals surface area contributed by atoms with Gasteiger partial charge in [0.1, 0.15) is 0 Å². The minimum absolute atomic E-state index is 0.644. The monoisotopic (exact) mass is 461 g/mol. The Kier molecular flexibility index (Phi) is 3.88. The maximum absolute atomic E-state index is 4.94. The number of aromatic nitrogens is 5. The lowest BCUT2D eigenvalue weighted by molar-refractivity contribution is 0.988. The van der Waals surface area contributed by atoms with Gasteiger partial charge in [-0.3, -0.25) is 9.55 Å². The van der Waals surface area contributed by atoms with E-state index in [1.807, 2.05) is 18.3 Å². The molecule has 0 atom stereocenters. The summed E-state index contributed by atoms with van der Waals surface area (Å²) in [6.07, 6.45) is 5.48. The van der Waals surface area contributed by atoms with E-state index < -0.39 is 0 Å². The van der Waals surface area contributed by atoms with E-state index in [0.29, 0.717) is 5.95 Å². The number of fused-ring (bicyclic) bond motifs is 10. The van der Waals surface area contributed by atoms with Gasteiger partial charge in [-0.05, 0) is 36.4 Å². The summed E-state index contributed by atoms with van der Waals surface area (Å²) in [7, 11) is 0. The van der Waals surface area contributed by atoms with Crippen molar-refractivity contribution in [2.45, 2.75) is 0 Å². The van der Waals surface area contributed by atoms with Crippen LogP contribution in [0.15, 0.2) is 116 Å². The second kappa shape index (κ2) is 7.23. The number of hydrogen-bond donors (Lipinski definition) is 0. The van der Waals surface area contributed by atoms with Gasteiger partial charge < -0.3 is 4.57 Å². The van der Waals surface area contributed by atoms with Crippen LogP contribution in [0.4, 0.5) is 0 Å². The van der Waals surface area contributed by atoms with Crippen LogP contribution in [-0.4, -0.2) is 24.1 Å². The highest BCUT2D eigenvalue weighted by Crippen LogP contribution is 2.45. The summed E-state index contributed by atoms with van der Waals surface area (Å²) in [5, 5.41) is 5.77. The first-order valence-corrected chi connectivity index (χ1v) is 12.0. The highest BCUT2D eigenvalue weighted by atomic mass is 15.2. The third kappa shape index (κ3) is 2.46. The number of nitrogens with zero attached hydrogens (tertiary/aromatic N) is 5. The molecule has 4 aromatic carbocycles. The molecule has 0 amide bonds. The van der Waals surface area contributed by atoms with Crippen LogP contribution in [0.3, 0.4) is 0 Å². The molecule has 0 saturated carbocycles. The Bertz CT molecular complexity index is 1930. The summed E-state index contributed by atoms with van der Waals surface area (Å²) < 4.78 is 4.57. The summed E-state index contributed by atoms with van der Waals surface area (Å²) >= 11 is 0. The molecular weight excluding hydrogens is 442 g/mol. The number of pyridine rings is 1. The van der Waals surface area contributed by atoms with E-state index >= 15 is 0 Å². The van der Waals surface area contributed by atoms with E-state index in [4.69, 9.17) is 4.98 Å². The van der Waals surface area contributed by atoms with Crippen LogP contribution in [-0.2, 0) is 0 Å². The Balaban J connectivity index is 1.79. The van der Waals surface area contributed by atoms with Crippen molar-refractivity contribution in [3.8, 4) is 11.6 Å². The molecule has 0 aliphatic carbocycles. The van der Waals surface area contributed by atoms with Gasteiger partial charge in [0.05, 0.1) is 27.6 Å². The van der Waals surface area contributed by atoms with Crippen LogP contribution < -0.4 is 0 Å². The predicted molar refractivity (Wildman–Crippen MR) is 146 cm³/mol. The summed E-state index contributed by atoms with van der Waals surface area (Å²) in [5.74, 6) is 0.644. The van der Waals surface area contributed by atoms with Crippen LogP contribution in [0.2, 0.25) is 0 Å². The Morgan fingerprint density at radius 3 is 1.81 bits per heavy atom. The molecule has 5 nitrogen and oxygen atoms in total. The molecule has 8 rings (SSSR count). The fourth-order valence-corrected chi connectivity index (χ4v) is 5.71. The van der Waals surface area contributed by atoms with E-state index in [2.05, 4.69) is 104 Å². The SMILES string of the molecule is c1ccc(-n2c3ccccc3c3c4cccnc4c4c5ccccc5n(-c5ncccn5)c4c32)cc1. The molecule has 8 aromatic rings. The van der Waals surface area contributed by atoms with Crippen LogP contribution in [0.5, 0.6) is 0 Å². The summed E-state index contributed by atoms with van der Waals surface area (Å²) in [6, 6.07) is 33.7. The summed E-state index contributed by atoms with van der Waals surface area (Å²) in [6.45, 7) is 0. The Hall–Kier alpha value is -5.03. The normalized spacial score (nSPS) is 11.9. The van der Waals surface area contributed by atoms with Gasteiger partial charge in [0.2, 0.25) is 5.95 Å². The number of hydrogen-bond acceptors (Lipinski definition) is 3. The number of rotatable bonds is 2. The lowest BCUT2D eigenvalue weighted by atomic mass is 10.0. The predicted octanol–water partition coefficient (Wildman–Crippen LogP) is 7.22. The van der Waals surface area contributed by atoms with E-state index in [1.54, 1.807) is 12.4 Å². The molecule has 0 unspecified atom stereocenters. The van der Waals surface area contributed by atoms with Crippen molar-refractivity contribution in [3.63, 3.8) is 0 Å². The summed E-state index contributed by atoms with van der Waals surface area (Å²) in [5.41, 5.74) is 6.50. The van der Waals surface area contributed by atoms with Crippen molar-refractivity contribution in [2.24, 2.45) is 0 Å². The fourth-order valence-electron chi connectivity index (χ4n) is 5.71. The fraction of sp³-hybridized carbons (Fsp3) is 0. The molecule has 0 saturated heterocycles. The van der Waals surface area contributed by atoms with Crippen molar-refractivity contribution >= 4 is 54.5 Å². The van der Waals surface area contributed by atoms with Gasteiger partial charge in [-0.2, -0.15) is 0 Å². The average Bonchev–Trinajstić information content (AvgIpc) is 3.48. The minimum atomic E-state index is 0.644. The maximum atomic E-state index is 4.94. The van der Waals surface area contributed by atoms with E-state index in [0.717, 1.165) is 49.4 Å². The number of para-hydroxylation sites is 3. The molecule has 4 heterocycles. The van der Waals surface area contributed by atoms with Gasteiger partial charge in [-0.25, -0.2) is 9.97 Å². The van der Waals surface area contributed by atoms with E-state index in [-0.39, 0.29) is 0 Å². The molecule has 4 aromatic heterocycles. The zero-order valence-electron chi connectivity index (χ0n) is 19.2. The lowest BCUT2D eigenvalue weighted by Crippen LogP contribution is -2.02. The maximum Gasteiger partial charge on any atom is 0.234 e. The van der Waals surface area contributed by atoms with Gasteiger partial charge in [0, 0.05) is 51.2 Å². The van der Waals surface area contributed by atoms with Crippen LogP contribution in [0.1, 0.15) is 0 Å². The van der Waals surface area contributed by atoms with Gasteiger partial charge in [-0.1, -0.05) is 60.7 Å². The van der Waals surface area contributed by atoms with Crippen LogP contribution in [0, 0.1) is 0 Å². The molecule has 5 heteroatoms. The Labute approximate surface area is 205 Å². The zero-order valence-corrected chi connectivity index (χ0v) is 19.2. The first kappa shape index (κ1) is 19.3. The van der Waals surface area contributed by atoms with Crippen LogP contribution in [0.25, 0.3) is 66.2 Å². The molecule has 36 heavy (non-hydrogen) atoms. The van der Waals surface area contributed by atoms with Crippen molar-refractivity contribution in [1.29, 1.82) is 0 Å². The smallest absolute Gasteiger partial charge is 0.234 e. The minimum Gasteiger partial charge on any atom is -0.307 e. The Morgan fingerprint density at radius 2 is 1.03 bits per heavy atom. The zero-order chi connectivity index (χ0) is 23.6. The van der Waals surface area contributed by atoms with Crippen molar-refractivity contribution < 1.29 is 0 Å². The molecule has 0 fully saturated rings. The lowest BCUT2D eigenvalue weighted by Gasteiger charge is -2.12. The van der Waals surface area contributed by atoms with Crippen molar-refractivity contribution in [2.75, 3.05) is 0 Å².